The molecule has 0 aliphatic carbocycles. The van der Waals surface area contributed by atoms with Gasteiger partial charge in [-0.3, -0.25) is 9.89 Å². The van der Waals surface area contributed by atoms with Crippen LogP contribution in [0.25, 0.3) is 22.2 Å². The number of benzene rings is 2. The summed E-state index contributed by atoms with van der Waals surface area (Å²) in [5, 5.41) is 12.9. The van der Waals surface area contributed by atoms with E-state index in [0.29, 0.717) is 27.0 Å². The zero-order chi connectivity index (χ0) is 18.8. The lowest BCUT2D eigenvalue weighted by Crippen LogP contribution is -2.18. The van der Waals surface area contributed by atoms with Crippen molar-refractivity contribution < 1.29 is 4.79 Å². The summed E-state index contributed by atoms with van der Waals surface area (Å²) in [5.41, 5.74) is 5.98. The molecule has 134 valence electrons. The fourth-order valence-electron chi connectivity index (χ4n) is 2.69. The molecule has 4 rings (SSSR count). The molecule has 0 atom stereocenters. The van der Waals surface area contributed by atoms with Gasteiger partial charge in [0, 0.05) is 33.2 Å². The summed E-state index contributed by atoms with van der Waals surface area (Å²) < 4.78 is 0. The minimum absolute atomic E-state index is 0.301. The number of nitrogens with zero attached hydrogens (tertiary/aromatic N) is 2. The fourth-order valence-corrected chi connectivity index (χ4v) is 3.14. The van der Waals surface area contributed by atoms with Crippen molar-refractivity contribution in [3.63, 3.8) is 0 Å². The van der Waals surface area contributed by atoms with Crippen LogP contribution in [-0.2, 0) is 0 Å². The molecule has 8 heteroatoms. The third-order valence-corrected chi connectivity index (χ3v) is 4.58. The van der Waals surface area contributed by atoms with Crippen LogP contribution in [0.5, 0.6) is 0 Å². The Bertz CT molecular complexity index is 1160. The molecule has 3 N–H and O–H groups in total. The van der Waals surface area contributed by atoms with Gasteiger partial charge in [0.15, 0.2) is 0 Å². The predicted octanol–water partition coefficient (Wildman–Crippen LogP) is 4.63. The first-order valence-electron chi connectivity index (χ1n) is 8.02. The molecule has 2 aromatic heterocycles. The van der Waals surface area contributed by atoms with Crippen molar-refractivity contribution in [2.75, 3.05) is 0 Å². The van der Waals surface area contributed by atoms with E-state index < -0.39 is 5.91 Å². The minimum atomic E-state index is -0.407. The highest BCUT2D eigenvalue weighted by atomic mass is 35.5. The van der Waals surface area contributed by atoms with Gasteiger partial charge >= 0.3 is 0 Å². The van der Waals surface area contributed by atoms with Crippen LogP contribution in [0.15, 0.2) is 59.8 Å². The van der Waals surface area contributed by atoms with E-state index in [4.69, 9.17) is 23.2 Å². The Labute approximate surface area is 164 Å². The molecule has 6 nitrogen and oxygen atoms in total. The molecule has 0 saturated heterocycles. The average molecular weight is 398 g/mol. The lowest BCUT2D eigenvalue weighted by atomic mass is 10.1. The largest absolute Gasteiger partial charge is 0.360 e. The first kappa shape index (κ1) is 17.3. The number of fused-ring (bicyclic) bond motifs is 1. The third-order valence-electron chi connectivity index (χ3n) is 4.02. The smallest absolute Gasteiger partial charge is 0.289 e. The van der Waals surface area contributed by atoms with E-state index in [9.17, 15) is 4.79 Å². The Morgan fingerprint density at radius 3 is 2.85 bits per heavy atom. The number of H-pyrrole nitrogens is 2. The van der Waals surface area contributed by atoms with E-state index in [-0.39, 0.29) is 0 Å². The van der Waals surface area contributed by atoms with E-state index >= 15 is 0 Å². The van der Waals surface area contributed by atoms with Crippen LogP contribution in [-0.4, -0.2) is 27.3 Å². The molecule has 4 aromatic rings. The minimum Gasteiger partial charge on any atom is -0.360 e. The summed E-state index contributed by atoms with van der Waals surface area (Å²) in [5.74, 6) is -0.407. The van der Waals surface area contributed by atoms with Crippen molar-refractivity contribution in [3.05, 3.63) is 76.0 Å². The Balaban J connectivity index is 1.49. The molecule has 0 spiro atoms. The maximum absolute atomic E-state index is 12.3. The second kappa shape index (κ2) is 7.26. The lowest BCUT2D eigenvalue weighted by Gasteiger charge is -1.99. The van der Waals surface area contributed by atoms with Crippen LogP contribution in [0.4, 0.5) is 0 Å². The first-order chi connectivity index (χ1) is 13.1. The van der Waals surface area contributed by atoms with Gasteiger partial charge in [-0.1, -0.05) is 47.5 Å². The van der Waals surface area contributed by atoms with Gasteiger partial charge in [-0.15, -0.1) is 0 Å². The van der Waals surface area contributed by atoms with Crippen molar-refractivity contribution in [2.45, 2.75) is 0 Å². The standard InChI is InChI=1S/C19H13Cl2N5O/c20-12-6-5-11(15(21)7-12)9-23-26-19(27)18-8-17(24-25-18)14-10-22-16-4-2-1-3-13(14)16/h1-10,22H,(H,24,25)(H,26,27). The zero-order valence-electron chi connectivity index (χ0n) is 13.8. The van der Waals surface area contributed by atoms with Gasteiger partial charge in [-0.2, -0.15) is 10.2 Å². The van der Waals surface area contributed by atoms with Crippen LogP contribution >= 0.6 is 23.2 Å². The SMILES string of the molecule is O=C(NN=Cc1ccc(Cl)cc1Cl)c1cc(-c2c[nH]c3ccccc23)n[nH]1. The summed E-state index contributed by atoms with van der Waals surface area (Å²) in [7, 11) is 0. The number of aromatic nitrogens is 3. The lowest BCUT2D eigenvalue weighted by molar-refractivity contribution is 0.0950. The summed E-state index contributed by atoms with van der Waals surface area (Å²) in [6.07, 6.45) is 3.32. The number of amides is 1. The van der Waals surface area contributed by atoms with Gasteiger partial charge in [-0.25, -0.2) is 5.43 Å². The maximum atomic E-state index is 12.3. The second-order valence-corrected chi connectivity index (χ2v) is 6.62. The topological polar surface area (TPSA) is 85.9 Å². The van der Waals surface area contributed by atoms with Gasteiger partial charge in [0.1, 0.15) is 5.69 Å². The van der Waals surface area contributed by atoms with E-state index in [1.54, 1.807) is 24.3 Å². The predicted molar refractivity (Wildman–Crippen MR) is 107 cm³/mol. The Hall–Kier alpha value is -3.09. The van der Waals surface area contributed by atoms with Gasteiger partial charge in [0.05, 0.1) is 16.9 Å². The number of carbonyl (C=O) groups is 1. The highest BCUT2D eigenvalue weighted by Crippen LogP contribution is 2.27. The molecular formula is C19H13Cl2N5O. The van der Waals surface area contributed by atoms with Crippen LogP contribution in [0, 0.1) is 0 Å². The summed E-state index contributed by atoms with van der Waals surface area (Å²) in [6.45, 7) is 0. The van der Waals surface area contributed by atoms with Gasteiger partial charge in [-0.05, 0) is 24.3 Å². The van der Waals surface area contributed by atoms with Crippen LogP contribution in [0.3, 0.4) is 0 Å². The van der Waals surface area contributed by atoms with Crippen molar-refractivity contribution in [2.24, 2.45) is 5.10 Å². The van der Waals surface area contributed by atoms with E-state index in [1.807, 2.05) is 30.5 Å². The number of hydrazone groups is 1. The molecule has 0 aliphatic rings. The number of hydrogen-bond acceptors (Lipinski definition) is 3. The maximum Gasteiger partial charge on any atom is 0.289 e. The summed E-state index contributed by atoms with van der Waals surface area (Å²) in [4.78, 5) is 15.4. The molecule has 0 unspecified atom stereocenters. The number of hydrogen-bond donors (Lipinski definition) is 3. The number of rotatable bonds is 4. The van der Waals surface area contributed by atoms with Crippen LogP contribution in [0.1, 0.15) is 16.1 Å². The van der Waals surface area contributed by atoms with E-state index in [1.165, 1.54) is 6.21 Å². The molecule has 27 heavy (non-hydrogen) atoms. The highest BCUT2D eigenvalue weighted by Gasteiger charge is 2.13. The summed E-state index contributed by atoms with van der Waals surface area (Å²) in [6, 6.07) is 14.6. The molecule has 0 saturated carbocycles. The van der Waals surface area contributed by atoms with E-state index in [0.717, 1.165) is 16.5 Å². The Morgan fingerprint density at radius 1 is 1.15 bits per heavy atom. The normalized spacial score (nSPS) is 11.3. The van der Waals surface area contributed by atoms with Gasteiger partial charge in [0.2, 0.25) is 0 Å². The molecular weight excluding hydrogens is 385 g/mol. The Morgan fingerprint density at radius 2 is 2.00 bits per heavy atom. The highest BCUT2D eigenvalue weighted by molar-refractivity contribution is 6.36. The number of carbonyl (C=O) groups excluding carboxylic acids is 1. The molecule has 0 fully saturated rings. The van der Waals surface area contributed by atoms with Crippen molar-refractivity contribution in [1.29, 1.82) is 0 Å². The molecule has 2 heterocycles. The monoisotopic (exact) mass is 397 g/mol. The summed E-state index contributed by atoms with van der Waals surface area (Å²) >= 11 is 11.9. The van der Waals surface area contributed by atoms with E-state index in [2.05, 4.69) is 25.7 Å². The van der Waals surface area contributed by atoms with Gasteiger partial charge in [0.25, 0.3) is 5.91 Å². The number of aromatic amines is 2. The van der Waals surface area contributed by atoms with Crippen LogP contribution < -0.4 is 5.43 Å². The van der Waals surface area contributed by atoms with Crippen molar-refractivity contribution >= 4 is 46.2 Å². The number of nitrogens with one attached hydrogen (secondary N) is 3. The molecule has 2 aromatic carbocycles. The third kappa shape index (κ3) is 3.58. The molecule has 1 amide bonds. The molecule has 0 aliphatic heterocycles. The second-order valence-electron chi connectivity index (χ2n) is 5.78. The fraction of sp³-hybridized carbons (Fsp3) is 0. The molecule has 0 bridgehead atoms. The van der Waals surface area contributed by atoms with Crippen molar-refractivity contribution in [3.8, 4) is 11.3 Å². The molecule has 0 radical (unpaired) electrons. The van der Waals surface area contributed by atoms with Crippen molar-refractivity contribution in [1.82, 2.24) is 20.6 Å². The van der Waals surface area contributed by atoms with Gasteiger partial charge < -0.3 is 4.98 Å². The first-order valence-corrected chi connectivity index (χ1v) is 8.78. The number of para-hydroxylation sites is 1. The van der Waals surface area contributed by atoms with Crippen LogP contribution in [0.2, 0.25) is 10.0 Å². The average Bonchev–Trinajstić information content (AvgIpc) is 3.30. The quantitative estimate of drug-likeness (QED) is 0.346. The zero-order valence-corrected chi connectivity index (χ0v) is 15.3. The number of halogens is 2. The Kier molecular flexibility index (Phi) is 4.66.